The molecule has 0 aliphatic carbocycles. The fraction of sp³-hybridized carbons (Fsp3) is 0.636. The number of ether oxygens (including phenoxy) is 2. The maximum atomic E-state index is 12.8. The Morgan fingerprint density at radius 3 is 2.60 bits per heavy atom. The van der Waals surface area contributed by atoms with E-state index in [1.54, 1.807) is 14.0 Å². The number of rotatable bonds is 8. The van der Waals surface area contributed by atoms with Gasteiger partial charge in [0.2, 0.25) is 5.88 Å². The molecule has 0 bridgehead atoms. The lowest BCUT2D eigenvalue weighted by molar-refractivity contribution is -0.148. The summed E-state index contributed by atoms with van der Waals surface area (Å²) < 4.78 is 59.2. The predicted octanol–water partition coefficient (Wildman–Crippen LogP) is 2.33. The highest BCUT2D eigenvalue weighted by atomic mass is 19.3. The Kier molecular flexibility index (Phi) is 5.93. The van der Waals surface area contributed by atoms with Gasteiger partial charge in [-0.15, -0.1) is 0 Å². The predicted molar refractivity (Wildman–Crippen MR) is 63.4 cm³/mol. The van der Waals surface area contributed by atoms with Crippen molar-refractivity contribution in [2.45, 2.75) is 25.9 Å². The molecule has 1 aromatic heterocycles. The van der Waals surface area contributed by atoms with Crippen molar-refractivity contribution < 1.29 is 27.0 Å². The topological polar surface area (TPSA) is 56.3 Å². The SMILES string of the molecule is CCOCc1nc(NC)cc(OCC(F)(F)C(F)F)n1. The zero-order valence-corrected chi connectivity index (χ0v) is 11.0. The number of anilines is 1. The summed E-state index contributed by atoms with van der Waals surface area (Å²) in [4.78, 5) is 7.81. The first-order valence-electron chi connectivity index (χ1n) is 5.81. The first kappa shape index (κ1) is 16.4. The van der Waals surface area contributed by atoms with Crippen molar-refractivity contribution in [1.29, 1.82) is 0 Å². The number of halogens is 4. The normalized spacial score (nSPS) is 11.8. The molecule has 1 aromatic rings. The molecule has 0 unspecified atom stereocenters. The molecule has 5 nitrogen and oxygen atoms in total. The number of alkyl halides is 4. The summed E-state index contributed by atoms with van der Waals surface area (Å²) in [5, 5.41) is 2.68. The van der Waals surface area contributed by atoms with Crippen molar-refractivity contribution in [3.05, 3.63) is 11.9 Å². The van der Waals surface area contributed by atoms with E-state index in [1.165, 1.54) is 6.07 Å². The summed E-state index contributed by atoms with van der Waals surface area (Å²) in [7, 11) is 1.56. The van der Waals surface area contributed by atoms with Gasteiger partial charge in [-0.05, 0) is 6.92 Å². The second kappa shape index (κ2) is 7.22. The number of hydrogen-bond acceptors (Lipinski definition) is 5. The molecule has 0 aliphatic rings. The van der Waals surface area contributed by atoms with Crippen molar-refractivity contribution in [2.24, 2.45) is 0 Å². The highest BCUT2D eigenvalue weighted by Crippen LogP contribution is 2.24. The molecule has 0 radical (unpaired) electrons. The third kappa shape index (κ3) is 4.80. The maximum absolute atomic E-state index is 12.8. The van der Waals surface area contributed by atoms with Crippen LogP contribution in [0.25, 0.3) is 0 Å². The van der Waals surface area contributed by atoms with Gasteiger partial charge >= 0.3 is 12.3 Å². The highest BCUT2D eigenvalue weighted by molar-refractivity contribution is 5.37. The Labute approximate surface area is 113 Å². The minimum atomic E-state index is -4.23. The van der Waals surface area contributed by atoms with E-state index in [1.807, 2.05) is 0 Å². The van der Waals surface area contributed by atoms with Gasteiger partial charge in [-0.2, -0.15) is 13.8 Å². The summed E-state index contributed by atoms with van der Waals surface area (Å²) in [5.41, 5.74) is 0. The van der Waals surface area contributed by atoms with E-state index in [2.05, 4.69) is 20.0 Å². The van der Waals surface area contributed by atoms with Crippen molar-refractivity contribution in [3.8, 4) is 5.88 Å². The van der Waals surface area contributed by atoms with Crippen LogP contribution in [0.2, 0.25) is 0 Å². The van der Waals surface area contributed by atoms with Crippen LogP contribution in [0.15, 0.2) is 6.07 Å². The van der Waals surface area contributed by atoms with E-state index in [0.29, 0.717) is 12.4 Å². The van der Waals surface area contributed by atoms with Crippen molar-refractivity contribution in [2.75, 3.05) is 25.6 Å². The molecule has 1 N–H and O–H groups in total. The van der Waals surface area contributed by atoms with E-state index >= 15 is 0 Å². The van der Waals surface area contributed by atoms with Gasteiger partial charge in [0.1, 0.15) is 12.4 Å². The molecule has 9 heteroatoms. The highest BCUT2D eigenvalue weighted by Gasteiger charge is 2.41. The quantitative estimate of drug-likeness (QED) is 0.746. The number of nitrogens with zero attached hydrogens (tertiary/aromatic N) is 2. The molecular weight excluding hydrogens is 282 g/mol. The lowest BCUT2D eigenvalue weighted by Crippen LogP contribution is -2.34. The molecule has 0 amide bonds. The van der Waals surface area contributed by atoms with E-state index in [9.17, 15) is 17.6 Å². The van der Waals surface area contributed by atoms with E-state index in [-0.39, 0.29) is 18.3 Å². The van der Waals surface area contributed by atoms with Gasteiger partial charge in [0.25, 0.3) is 0 Å². The number of nitrogens with one attached hydrogen (secondary N) is 1. The van der Waals surface area contributed by atoms with Gasteiger partial charge in [-0.25, -0.2) is 13.8 Å². The fourth-order valence-corrected chi connectivity index (χ4v) is 1.17. The monoisotopic (exact) mass is 297 g/mol. The van der Waals surface area contributed by atoms with Gasteiger partial charge in [0.05, 0.1) is 0 Å². The summed E-state index contributed by atoms with van der Waals surface area (Å²) in [6.07, 6.45) is -3.80. The van der Waals surface area contributed by atoms with Crippen LogP contribution in [0, 0.1) is 0 Å². The second-order valence-electron chi connectivity index (χ2n) is 3.75. The molecule has 0 spiro atoms. The molecule has 0 aromatic carbocycles. The Hall–Kier alpha value is -1.64. The first-order valence-corrected chi connectivity index (χ1v) is 5.81. The van der Waals surface area contributed by atoms with Gasteiger partial charge in [-0.1, -0.05) is 0 Å². The summed E-state index contributed by atoms with van der Waals surface area (Å²) >= 11 is 0. The van der Waals surface area contributed by atoms with Gasteiger partial charge in [-0.3, -0.25) is 0 Å². The average molecular weight is 297 g/mol. The Morgan fingerprint density at radius 1 is 1.35 bits per heavy atom. The minimum absolute atomic E-state index is 0.0631. The molecule has 0 aliphatic heterocycles. The Balaban J connectivity index is 2.78. The number of hydrogen-bond donors (Lipinski definition) is 1. The third-order valence-corrected chi connectivity index (χ3v) is 2.17. The van der Waals surface area contributed by atoms with E-state index in [4.69, 9.17) is 4.74 Å². The maximum Gasteiger partial charge on any atom is 0.340 e. The molecule has 1 rings (SSSR count). The molecule has 0 atom stereocenters. The van der Waals surface area contributed by atoms with Crippen LogP contribution >= 0.6 is 0 Å². The van der Waals surface area contributed by atoms with Crippen LogP contribution < -0.4 is 10.1 Å². The smallest absolute Gasteiger partial charge is 0.340 e. The van der Waals surface area contributed by atoms with Gasteiger partial charge in [0.15, 0.2) is 12.4 Å². The standard InChI is InChI=1S/C11H15F4N3O2/c1-3-19-5-8-17-7(16-2)4-9(18-8)20-6-11(14,15)10(12)13/h4,10H,3,5-6H2,1-2H3,(H,16,17,18). The molecule has 114 valence electrons. The van der Waals surface area contributed by atoms with Crippen LogP contribution in [0.3, 0.4) is 0 Å². The zero-order chi connectivity index (χ0) is 15.2. The summed E-state index contributed by atoms with van der Waals surface area (Å²) in [6.45, 7) is 0.793. The number of aromatic nitrogens is 2. The minimum Gasteiger partial charge on any atom is -0.471 e. The van der Waals surface area contributed by atoms with Crippen molar-refractivity contribution in [1.82, 2.24) is 9.97 Å². The lowest BCUT2D eigenvalue weighted by atomic mass is 10.4. The molecular formula is C11H15F4N3O2. The van der Waals surface area contributed by atoms with Crippen molar-refractivity contribution in [3.63, 3.8) is 0 Å². The van der Waals surface area contributed by atoms with Gasteiger partial charge < -0.3 is 14.8 Å². The molecule has 20 heavy (non-hydrogen) atoms. The van der Waals surface area contributed by atoms with Crippen LogP contribution in [0.5, 0.6) is 5.88 Å². The Bertz CT molecular complexity index is 432. The van der Waals surface area contributed by atoms with Crippen molar-refractivity contribution >= 4 is 5.82 Å². The lowest BCUT2D eigenvalue weighted by Gasteiger charge is -2.16. The van der Waals surface area contributed by atoms with Crippen LogP contribution in [0.4, 0.5) is 23.4 Å². The largest absolute Gasteiger partial charge is 0.471 e. The average Bonchev–Trinajstić information content (AvgIpc) is 2.42. The van der Waals surface area contributed by atoms with Gasteiger partial charge in [0, 0.05) is 19.7 Å². The second-order valence-corrected chi connectivity index (χ2v) is 3.75. The first-order chi connectivity index (χ1) is 9.39. The van der Waals surface area contributed by atoms with E-state index < -0.39 is 19.0 Å². The molecule has 0 fully saturated rings. The Morgan fingerprint density at radius 2 is 2.05 bits per heavy atom. The van der Waals surface area contributed by atoms with Crippen LogP contribution in [-0.4, -0.2) is 42.6 Å². The third-order valence-electron chi connectivity index (χ3n) is 2.17. The van der Waals surface area contributed by atoms with E-state index in [0.717, 1.165) is 0 Å². The van der Waals surface area contributed by atoms with Crippen LogP contribution in [0.1, 0.15) is 12.7 Å². The summed E-state index contributed by atoms with van der Waals surface area (Å²) in [6, 6.07) is 1.23. The zero-order valence-electron chi connectivity index (χ0n) is 11.0. The molecule has 0 saturated heterocycles. The molecule has 0 saturated carbocycles. The fourth-order valence-electron chi connectivity index (χ4n) is 1.17. The molecule has 1 heterocycles. The van der Waals surface area contributed by atoms with Crippen LogP contribution in [-0.2, 0) is 11.3 Å². The summed E-state index contributed by atoms with van der Waals surface area (Å²) in [5.74, 6) is -3.94.